The van der Waals surface area contributed by atoms with Crippen molar-refractivity contribution in [2.24, 2.45) is 0 Å². The summed E-state index contributed by atoms with van der Waals surface area (Å²) in [7, 11) is -4.83. The van der Waals surface area contributed by atoms with E-state index >= 15 is 0 Å². The van der Waals surface area contributed by atoms with Gasteiger partial charge >= 0.3 is 0 Å². The van der Waals surface area contributed by atoms with Crippen molar-refractivity contribution in [1.29, 1.82) is 0 Å². The molecule has 18 N–H and O–H groups in total. The number of aliphatic hydroxyl groups excluding tert-OH is 17. The van der Waals surface area contributed by atoms with Crippen molar-refractivity contribution >= 4 is 10.1 Å². The van der Waals surface area contributed by atoms with Crippen LogP contribution in [0.5, 0.6) is 0 Å². The molecule has 33 nitrogen and oxygen atoms in total. The molecule has 22 rings (SSSR count). The van der Waals surface area contributed by atoms with Gasteiger partial charge in [0.25, 0.3) is 10.1 Å². The first kappa shape index (κ1) is 60.4. The molecule has 0 aromatic carbocycles. The number of ether oxygens (including phenoxy) is 13. The molecule has 0 spiro atoms. The average molecular weight is 1110 g/mol. The molecule has 0 amide bonds. The van der Waals surface area contributed by atoms with Gasteiger partial charge in [0.2, 0.25) is 0 Å². The van der Waals surface area contributed by atoms with Crippen molar-refractivity contribution in [3.05, 3.63) is 0 Å². The Morgan fingerprint density at radius 1 is 0.351 bits per heavy atom. The van der Waals surface area contributed by atoms with E-state index in [9.17, 15) is 99.8 Å². The van der Waals surface area contributed by atoms with Crippen LogP contribution in [0, 0.1) is 0 Å². The maximum absolute atomic E-state index is 12.2. The molecule has 34 heteroatoms. The van der Waals surface area contributed by atoms with Crippen LogP contribution in [-0.2, 0) is 71.7 Å². The molecule has 0 aromatic heterocycles. The van der Waals surface area contributed by atoms with Gasteiger partial charge in [-0.15, -0.1) is 0 Å². The second-order valence-corrected chi connectivity index (χ2v) is 20.4. The monoisotopic (exact) mass is 1110 g/mol. The van der Waals surface area contributed by atoms with Crippen molar-refractivity contribution < 1.29 is 161 Å². The summed E-state index contributed by atoms with van der Waals surface area (Å²) >= 11 is 0. The quantitative estimate of drug-likeness (QED) is 0.0854. The van der Waals surface area contributed by atoms with Gasteiger partial charge < -0.3 is 148 Å². The Morgan fingerprint density at radius 3 is 0.784 bits per heavy atom. The van der Waals surface area contributed by atoms with E-state index in [0.29, 0.717) is 0 Å². The summed E-state index contributed by atoms with van der Waals surface area (Å²) in [5.74, 6) is 0. The van der Waals surface area contributed by atoms with E-state index in [4.69, 9.17) is 61.6 Å². The maximum atomic E-state index is 12.2. The zero-order chi connectivity index (χ0) is 54.2. The lowest BCUT2D eigenvalue weighted by Crippen LogP contribution is -2.69. The third-order valence-electron chi connectivity index (χ3n) is 14.0. The first-order chi connectivity index (χ1) is 35.1. The molecule has 0 radical (unpaired) electrons. The van der Waals surface area contributed by atoms with E-state index in [-0.39, 0.29) is 6.42 Å². The Balaban J connectivity index is 1.23. The van der Waals surface area contributed by atoms with Gasteiger partial charge in [-0.3, -0.25) is 4.55 Å². The molecule has 12 bridgehead atoms. The van der Waals surface area contributed by atoms with Gasteiger partial charge in [-0.05, 0) is 6.42 Å². The Hall–Kier alpha value is -1.29. The third kappa shape index (κ3) is 12.2. The third-order valence-corrected chi connectivity index (χ3v) is 15.3. The molecule has 0 aromatic rings. The van der Waals surface area contributed by atoms with Crippen molar-refractivity contribution in [1.82, 2.24) is 0 Å². The fraction of sp³-hybridized carbons (Fsp3) is 1.00. The normalized spacial score (nSPS) is 51.3. The molecular weight excluding hydrogens is 1040 g/mol. The van der Waals surface area contributed by atoms with Crippen LogP contribution < -0.4 is 0 Å². The Labute approximate surface area is 420 Å². The minimum Gasteiger partial charge on any atom is -0.394 e. The van der Waals surface area contributed by atoms with Crippen LogP contribution in [0.3, 0.4) is 0 Å². The zero-order valence-electron chi connectivity index (χ0n) is 39.1. The van der Waals surface area contributed by atoms with Crippen molar-refractivity contribution in [2.45, 2.75) is 203 Å². The van der Waals surface area contributed by atoms with E-state index in [0.717, 1.165) is 0 Å². The van der Waals surface area contributed by atoms with Gasteiger partial charge in [-0.2, -0.15) is 8.42 Å². The highest BCUT2D eigenvalue weighted by atomic mass is 32.2. The van der Waals surface area contributed by atoms with Gasteiger partial charge in [-0.25, -0.2) is 0 Å². The minimum absolute atomic E-state index is 0.262. The highest BCUT2D eigenvalue weighted by Gasteiger charge is 2.59. The molecule has 0 saturated carbocycles. The number of rotatable bonds is 11. The lowest BCUT2D eigenvalue weighted by atomic mass is 9.94. The number of hydrogen-bond acceptors (Lipinski definition) is 32. The number of aliphatic hydroxyl groups is 17. The smallest absolute Gasteiger partial charge is 0.270 e. The summed E-state index contributed by atoms with van der Waals surface area (Å²) in [5, 5.41) is 186. The van der Waals surface area contributed by atoms with Gasteiger partial charge in [0.1, 0.15) is 152 Å². The van der Waals surface area contributed by atoms with Crippen LogP contribution in [0.2, 0.25) is 0 Å². The molecule has 22 saturated heterocycles. The highest BCUT2D eigenvalue weighted by molar-refractivity contribution is 7.86. The van der Waals surface area contributed by atoms with Gasteiger partial charge in [0.05, 0.1) is 46.2 Å². The van der Waals surface area contributed by atoms with Crippen molar-refractivity contribution in [2.75, 3.05) is 46.2 Å². The van der Waals surface area contributed by atoms with Crippen molar-refractivity contribution in [3.63, 3.8) is 0 Å². The summed E-state index contributed by atoms with van der Waals surface area (Å²) < 4.78 is 109. The molecule has 22 aliphatic heterocycles. The van der Waals surface area contributed by atoms with Crippen LogP contribution in [0.25, 0.3) is 0 Å². The topological polar surface area (TPSA) is 518 Å². The van der Waals surface area contributed by atoms with E-state index in [1.54, 1.807) is 0 Å². The zero-order valence-corrected chi connectivity index (χ0v) is 40.0. The fourth-order valence-electron chi connectivity index (χ4n) is 9.74. The summed E-state index contributed by atoms with van der Waals surface area (Å²) in [6, 6.07) is 0. The van der Waals surface area contributed by atoms with Crippen LogP contribution in [0.4, 0.5) is 0 Å². The van der Waals surface area contributed by atoms with Gasteiger partial charge in [-0.1, -0.05) is 6.92 Å². The predicted octanol–water partition coefficient (Wildman–Crippen LogP) is -12.4. The summed E-state index contributed by atoms with van der Waals surface area (Å²) in [6.45, 7) is -5.85. The largest absolute Gasteiger partial charge is 0.394 e. The first-order valence-corrected chi connectivity index (χ1v) is 25.1. The van der Waals surface area contributed by atoms with E-state index < -0.39 is 246 Å². The SMILES string of the molecule is CCC(CO[C@@H]1[C@@H](O)[C@H]2O[C@H]3[C@H](O)[C@@H](O)[C@@H](O[C@H]4[C@H](O)[C@@H](O)[C@@H](O[C@H]5[C@H](O)[C@@H](O)[C@@H](O[C@H]6[C@H](O)[C@@H](O)[C@@H](O[C@H]7[C@H](O)[C@@H](O)[C@@H](O[C@H]1[C@@H](CO)O2)O[C@@H]7CO)O[C@@H]6CO)O[C@@H]5CO)O[C@@H]4CO)O[C@@H]3CO)S(=O)(=O)O. The Kier molecular flexibility index (Phi) is 20.8. The fourth-order valence-corrected chi connectivity index (χ4v) is 10.4. The Bertz CT molecular complexity index is 1850. The molecule has 1 unspecified atom stereocenters. The Morgan fingerprint density at radius 2 is 0.568 bits per heavy atom. The molecule has 22 heterocycles. The minimum atomic E-state index is -4.83. The molecule has 22 fully saturated rings. The highest BCUT2D eigenvalue weighted by Crippen LogP contribution is 2.38. The van der Waals surface area contributed by atoms with Crippen LogP contribution in [-0.4, -0.2) is 336 Å². The van der Waals surface area contributed by atoms with E-state index in [1.807, 2.05) is 0 Å². The summed E-state index contributed by atoms with van der Waals surface area (Å²) in [6.07, 6.45) is -60.4. The summed E-state index contributed by atoms with van der Waals surface area (Å²) in [4.78, 5) is 0. The van der Waals surface area contributed by atoms with Crippen LogP contribution in [0.1, 0.15) is 13.3 Å². The molecule has 0 aliphatic carbocycles. The molecule has 31 atom stereocenters. The van der Waals surface area contributed by atoms with Gasteiger partial charge in [0, 0.05) is 0 Å². The van der Waals surface area contributed by atoms with Gasteiger partial charge in [0.15, 0.2) is 37.7 Å². The second-order valence-electron chi connectivity index (χ2n) is 18.7. The number of hydrogen-bond donors (Lipinski definition) is 18. The van der Waals surface area contributed by atoms with Crippen LogP contribution >= 0.6 is 0 Å². The first-order valence-electron chi connectivity index (χ1n) is 23.6. The maximum Gasteiger partial charge on any atom is 0.270 e. The average Bonchev–Trinajstić information content (AvgIpc) is 3.37. The van der Waals surface area contributed by atoms with Crippen LogP contribution in [0.15, 0.2) is 0 Å². The van der Waals surface area contributed by atoms with Crippen molar-refractivity contribution in [3.8, 4) is 0 Å². The standard InChI is InChI=1S/C40H68O33S/c1-2-10(74(58,59)60)9-61-34-27(57)40-67-16(8-46)33(34)73-39-26(56)21(51)31(14(6-44)66-39)71-37-24(54)19(49)29(12(4-42)64-37)69-35-22(52)17(47)28(11(3-41)62-35)68-36-23(53)18(48)30(13(5-43)63-36)70-38-25(55)20(50)32(72-40)15(7-45)65-38/h10-57H,2-9H2,1H3,(H,58,59,60)/t10?,11-,12-,13-,14-,15-,16-,17-,18-,19-,20-,21-,22-,23-,24-,25-,26-,27-,28-,29-,30-,31-,32-,33+,34-,35-,36-,37-,38-,39-,40-/m1/s1. The lowest BCUT2D eigenvalue weighted by Gasteiger charge is -2.51. The molecule has 74 heavy (non-hydrogen) atoms. The predicted molar refractivity (Wildman–Crippen MR) is 225 cm³/mol. The molecular formula is C40H68O33S. The summed E-state index contributed by atoms with van der Waals surface area (Å²) in [5.41, 5.74) is 0. The molecule has 22 aliphatic rings. The van der Waals surface area contributed by atoms with E-state index in [2.05, 4.69) is 0 Å². The molecule has 432 valence electrons. The lowest BCUT2D eigenvalue weighted by molar-refractivity contribution is -0.404. The second kappa shape index (κ2) is 25.4. The van der Waals surface area contributed by atoms with E-state index in [1.165, 1.54) is 6.92 Å².